The van der Waals surface area contributed by atoms with Crippen LogP contribution in [0, 0.1) is 28.1 Å². The number of ketones is 1. The molecule has 4 rings (SSSR count). The molecule has 4 unspecified atom stereocenters. The molecule has 0 spiro atoms. The van der Waals surface area contributed by atoms with Crippen LogP contribution in [0.3, 0.4) is 0 Å². The Hall–Kier alpha value is -0.860. The SMILES string of the molecule is CC12C[C@]3(C)CC(C(C(=O)N4CCCC4)C1=O)C23C. The highest BCUT2D eigenvalue weighted by molar-refractivity contribution is 6.08. The predicted octanol–water partition coefficient (Wildman–Crippen LogP) is 2.25. The van der Waals surface area contributed by atoms with Crippen molar-refractivity contribution in [2.24, 2.45) is 28.1 Å². The van der Waals surface area contributed by atoms with E-state index in [0.29, 0.717) is 11.3 Å². The lowest BCUT2D eigenvalue weighted by atomic mass is 9.28. The van der Waals surface area contributed by atoms with Crippen LogP contribution in [-0.2, 0) is 9.59 Å². The molecule has 0 bridgehead atoms. The van der Waals surface area contributed by atoms with E-state index in [1.807, 2.05) is 4.90 Å². The number of carbonyl (C=O) groups is 2. The minimum Gasteiger partial charge on any atom is -0.342 e. The van der Waals surface area contributed by atoms with Crippen molar-refractivity contribution >= 4 is 11.7 Å². The van der Waals surface area contributed by atoms with Crippen LogP contribution in [0.5, 0.6) is 0 Å². The summed E-state index contributed by atoms with van der Waals surface area (Å²) in [4.78, 5) is 27.5. The number of rotatable bonds is 1. The molecule has 0 radical (unpaired) electrons. The summed E-state index contributed by atoms with van der Waals surface area (Å²) < 4.78 is 0. The molecule has 0 aromatic carbocycles. The molecular weight excluding hydrogens is 238 g/mol. The second kappa shape index (κ2) is 3.07. The maximum Gasteiger partial charge on any atom is 0.233 e. The summed E-state index contributed by atoms with van der Waals surface area (Å²) in [6.45, 7) is 8.40. The van der Waals surface area contributed by atoms with E-state index >= 15 is 0 Å². The van der Waals surface area contributed by atoms with Crippen LogP contribution >= 0.6 is 0 Å². The first-order valence-electron chi connectivity index (χ1n) is 7.68. The fraction of sp³-hybridized carbons (Fsp3) is 0.875. The minimum atomic E-state index is -0.316. The molecule has 104 valence electrons. The van der Waals surface area contributed by atoms with Crippen LogP contribution < -0.4 is 0 Å². The van der Waals surface area contributed by atoms with Crippen molar-refractivity contribution in [1.29, 1.82) is 0 Å². The molecule has 3 nitrogen and oxygen atoms in total. The molecule has 3 heteroatoms. The summed E-state index contributed by atoms with van der Waals surface area (Å²) in [5.41, 5.74) is 0.198. The van der Waals surface area contributed by atoms with Crippen LogP contribution in [0.15, 0.2) is 0 Å². The molecule has 3 aliphatic carbocycles. The van der Waals surface area contributed by atoms with Gasteiger partial charge in [-0.3, -0.25) is 9.59 Å². The van der Waals surface area contributed by atoms with Gasteiger partial charge in [-0.1, -0.05) is 20.8 Å². The first-order chi connectivity index (χ1) is 8.85. The second-order valence-corrected chi connectivity index (χ2v) is 7.96. The largest absolute Gasteiger partial charge is 0.342 e. The van der Waals surface area contributed by atoms with Gasteiger partial charge in [0.1, 0.15) is 5.92 Å². The first kappa shape index (κ1) is 11.9. The molecule has 4 fully saturated rings. The average Bonchev–Trinajstić information content (AvgIpc) is 2.90. The van der Waals surface area contributed by atoms with Crippen molar-refractivity contribution in [3.63, 3.8) is 0 Å². The van der Waals surface area contributed by atoms with Crippen molar-refractivity contribution < 1.29 is 9.59 Å². The van der Waals surface area contributed by atoms with Gasteiger partial charge in [-0.2, -0.15) is 0 Å². The molecule has 19 heavy (non-hydrogen) atoms. The third-order valence-electron chi connectivity index (χ3n) is 7.47. The second-order valence-electron chi connectivity index (χ2n) is 7.96. The highest BCUT2D eigenvalue weighted by Gasteiger charge is 2.85. The third-order valence-corrected chi connectivity index (χ3v) is 7.47. The summed E-state index contributed by atoms with van der Waals surface area (Å²) in [7, 11) is 0. The fourth-order valence-corrected chi connectivity index (χ4v) is 6.14. The van der Waals surface area contributed by atoms with Crippen molar-refractivity contribution in [3.8, 4) is 0 Å². The molecule has 1 saturated heterocycles. The Morgan fingerprint density at radius 1 is 1.21 bits per heavy atom. The normalized spacial score (nSPS) is 54.7. The van der Waals surface area contributed by atoms with E-state index in [-0.39, 0.29) is 28.4 Å². The monoisotopic (exact) mass is 261 g/mol. The summed E-state index contributed by atoms with van der Waals surface area (Å²) >= 11 is 0. The number of nitrogens with zero attached hydrogens (tertiary/aromatic N) is 1. The van der Waals surface area contributed by atoms with E-state index in [4.69, 9.17) is 0 Å². The summed E-state index contributed by atoms with van der Waals surface area (Å²) in [5.74, 6) is 0.402. The highest BCUT2D eigenvalue weighted by Crippen LogP contribution is 2.86. The molecule has 3 saturated carbocycles. The Kier molecular flexibility index (Phi) is 1.93. The third kappa shape index (κ3) is 0.985. The van der Waals surface area contributed by atoms with Gasteiger partial charge in [-0.05, 0) is 42.4 Å². The quantitative estimate of drug-likeness (QED) is 0.679. The fourth-order valence-electron chi connectivity index (χ4n) is 6.14. The number of hydrogen-bond donors (Lipinski definition) is 0. The number of carbonyl (C=O) groups excluding carboxylic acids is 2. The Balaban J connectivity index is 1.69. The molecule has 0 N–H and O–H groups in total. The maximum absolute atomic E-state index is 12.8. The number of likely N-dealkylation sites (tertiary alicyclic amines) is 1. The Morgan fingerprint density at radius 3 is 2.37 bits per heavy atom. The van der Waals surface area contributed by atoms with E-state index in [1.54, 1.807) is 0 Å². The zero-order valence-electron chi connectivity index (χ0n) is 12.2. The van der Waals surface area contributed by atoms with Gasteiger partial charge < -0.3 is 4.90 Å². The predicted molar refractivity (Wildman–Crippen MR) is 71.4 cm³/mol. The van der Waals surface area contributed by atoms with Crippen molar-refractivity contribution in [1.82, 2.24) is 4.90 Å². The van der Waals surface area contributed by atoms with E-state index < -0.39 is 0 Å². The van der Waals surface area contributed by atoms with Crippen LogP contribution in [0.4, 0.5) is 0 Å². The summed E-state index contributed by atoms with van der Waals surface area (Å²) in [6, 6.07) is 0. The molecule has 5 atom stereocenters. The van der Waals surface area contributed by atoms with Gasteiger partial charge in [0.15, 0.2) is 5.78 Å². The Labute approximate surface area is 114 Å². The maximum atomic E-state index is 12.8. The molecule has 0 aromatic heterocycles. The lowest BCUT2D eigenvalue weighted by Crippen LogP contribution is -2.70. The van der Waals surface area contributed by atoms with Gasteiger partial charge in [-0.25, -0.2) is 0 Å². The topological polar surface area (TPSA) is 37.4 Å². The molecule has 1 amide bonds. The molecule has 4 aliphatic rings. The molecule has 0 aromatic rings. The smallest absolute Gasteiger partial charge is 0.233 e. The van der Waals surface area contributed by atoms with Crippen LogP contribution in [0.25, 0.3) is 0 Å². The standard InChI is InChI=1S/C16H23NO2/c1-14-8-10-11(13(19)17-6-4-5-7-17)12(18)15(2,9-14)16(10,14)3/h10-11H,4-9H2,1-3H3/t10?,11?,14-,15?,16?/m0/s1. The first-order valence-corrected chi connectivity index (χ1v) is 7.68. The van der Waals surface area contributed by atoms with E-state index in [9.17, 15) is 9.59 Å². The summed E-state index contributed by atoms with van der Waals surface area (Å²) in [6.07, 6.45) is 4.28. The number of hydrogen-bond acceptors (Lipinski definition) is 2. The van der Waals surface area contributed by atoms with Gasteiger partial charge in [-0.15, -0.1) is 0 Å². The van der Waals surface area contributed by atoms with Crippen LogP contribution in [0.1, 0.15) is 46.5 Å². The van der Waals surface area contributed by atoms with Gasteiger partial charge >= 0.3 is 0 Å². The lowest BCUT2D eigenvalue weighted by Gasteiger charge is -2.74. The average molecular weight is 261 g/mol. The minimum absolute atomic E-state index is 0.0944. The van der Waals surface area contributed by atoms with E-state index in [2.05, 4.69) is 20.8 Å². The summed E-state index contributed by atoms with van der Waals surface area (Å²) in [5, 5.41) is 0. The van der Waals surface area contributed by atoms with Crippen LogP contribution in [-0.4, -0.2) is 29.7 Å². The van der Waals surface area contributed by atoms with E-state index in [1.165, 1.54) is 0 Å². The Bertz CT molecular complexity index is 495. The zero-order valence-corrected chi connectivity index (χ0v) is 12.2. The van der Waals surface area contributed by atoms with Gasteiger partial charge in [0.2, 0.25) is 5.91 Å². The van der Waals surface area contributed by atoms with Gasteiger partial charge in [0.05, 0.1) is 0 Å². The zero-order chi connectivity index (χ0) is 13.6. The van der Waals surface area contributed by atoms with E-state index in [0.717, 1.165) is 38.8 Å². The highest BCUT2D eigenvalue weighted by atomic mass is 16.2. The molecular formula is C16H23NO2. The molecule has 1 aliphatic heterocycles. The van der Waals surface area contributed by atoms with Crippen molar-refractivity contribution in [3.05, 3.63) is 0 Å². The van der Waals surface area contributed by atoms with Gasteiger partial charge in [0, 0.05) is 18.5 Å². The number of amides is 1. The Morgan fingerprint density at radius 2 is 1.84 bits per heavy atom. The lowest BCUT2D eigenvalue weighted by molar-refractivity contribution is -0.270. The van der Waals surface area contributed by atoms with Crippen LogP contribution in [0.2, 0.25) is 0 Å². The van der Waals surface area contributed by atoms with Crippen molar-refractivity contribution in [2.45, 2.75) is 46.5 Å². The van der Waals surface area contributed by atoms with Crippen molar-refractivity contribution in [2.75, 3.05) is 13.1 Å². The number of Topliss-reactive ketones (excluding diaryl/α,β-unsaturated/α-hetero) is 1. The molecule has 1 heterocycles. The van der Waals surface area contributed by atoms with Gasteiger partial charge in [0.25, 0.3) is 0 Å².